The Balaban J connectivity index is 1.63. The molecule has 2 fully saturated rings. The quantitative estimate of drug-likeness (QED) is 0.321. The van der Waals surface area contributed by atoms with E-state index in [2.05, 4.69) is 71.6 Å². The van der Waals surface area contributed by atoms with Crippen molar-refractivity contribution < 1.29 is 4.74 Å². The summed E-state index contributed by atoms with van der Waals surface area (Å²) in [5, 5.41) is 11.1. The van der Waals surface area contributed by atoms with Gasteiger partial charge in [-0.05, 0) is 45.1 Å². The largest absolute Gasteiger partial charge is 0.381 e. The van der Waals surface area contributed by atoms with Crippen molar-refractivity contribution in [3.63, 3.8) is 0 Å². The normalized spacial score (nSPS) is 21.4. The second-order valence-electron chi connectivity index (χ2n) is 8.87. The number of guanidine groups is 1. The predicted molar refractivity (Wildman–Crippen MR) is 130 cm³/mol. The molecule has 3 N–H and O–H groups in total. The van der Waals surface area contributed by atoms with Crippen LogP contribution in [0.2, 0.25) is 0 Å². The molecule has 1 atom stereocenters. The Morgan fingerprint density at radius 1 is 1.26 bits per heavy atom. The molecule has 1 aromatic carbocycles. The summed E-state index contributed by atoms with van der Waals surface area (Å²) in [4.78, 5) is 7.51. The molecule has 6 nitrogen and oxygen atoms in total. The van der Waals surface area contributed by atoms with Crippen molar-refractivity contribution in [2.75, 3.05) is 45.9 Å². The lowest BCUT2D eigenvalue weighted by atomic mass is 9.88. The van der Waals surface area contributed by atoms with Crippen LogP contribution in [0, 0.1) is 0 Å². The van der Waals surface area contributed by atoms with Gasteiger partial charge in [-0.3, -0.25) is 9.89 Å². The smallest absolute Gasteiger partial charge is 0.191 e. The number of nitrogens with zero attached hydrogens (tertiary/aromatic N) is 2. The monoisotopic (exact) mass is 427 g/mol. The fraction of sp³-hybridized carbons (Fsp3) is 0.640. The van der Waals surface area contributed by atoms with Crippen LogP contribution in [0.15, 0.2) is 48.0 Å². The first-order chi connectivity index (χ1) is 15.1. The Labute approximate surface area is 188 Å². The first-order valence-electron chi connectivity index (χ1n) is 11.9. The van der Waals surface area contributed by atoms with E-state index in [4.69, 9.17) is 9.73 Å². The molecule has 0 spiro atoms. The Hall–Kier alpha value is -1.89. The minimum absolute atomic E-state index is 0.0385. The molecule has 0 aliphatic carbocycles. The molecule has 2 aliphatic rings. The van der Waals surface area contributed by atoms with Gasteiger partial charge in [-0.1, -0.05) is 36.4 Å². The standard InChI is InChI=1S/C25H41N5O/c1-4-15-30-16-11-23(12-17-30)28-24(26-5-2)27-20-25(13-18-31-19-14-25)29-21(3)22-9-7-6-8-10-22/h4,6-10,21,23,29H,1,5,11-20H2,2-3H3,(H2,26,27,28). The average Bonchev–Trinajstić information content (AvgIpc) is 2.80. The van der Waals surface area contributed by atoms with Gasteiger partial charge in [-0.2, -0.15) is 0 Å². The zero-order valence-electron chi connectivity index (χ0n) is 19.4. The van der Waals surface area contributed by atoms with E-state index in [-0.39, 0.29) is 11.6 Å². The maximum absolute atomic E-state index is 5.69. The Morgan fingerprint density at radius 2 is 1.97 bits per heavy atom. The van der Waals surface area contributed by atoms with Gasteiger partial charge >= 0.3 is 0 Å². The van der Waals surface area contributed by atoms with Gasteiger partial charge in [0.2, 0.25) is 0 Å². The average molecular weight is 428 g/mol. The van der Waals surface area contributed by atoms with Crippen LogP contribution in [0.3, 0.4) is 0 Å². The van der Waals surface area contributed by atoms with Crippen molar-refractivity contribution in [1.29, 1.82) is 0 Å². The summed E-state index contributed by atoms with van der Waals surface area (Å²) in [6, 6.07) is 11.4. The van der Waals surface area contributed by atoms with Crippen LogP contribution in [0.25, 0.3) is 0 Å². The van der Waals surface area contributed by atoms with Crippen molar-refractivity contribution >= 4 is 5.96 Å². The molecule has 2 saturated heterocycles. The van der Waals surface area contributed by atoms with Crippen LogP contribution in [0.1, 0.15) is 51.1 Å². The number of ether oxygens (including phenoxy) is 1. The van der Waals surface area contributed by atoms with Gasteiger partial charge in [-0.25, -0.2) is 0 Å². The van der Waals surface area contributed by atoms with Crippen LogP contribution in [0.4, 0.5) is 0 Å². The van der Waals surface area contributed by atoms with E-state index in [1.807, 2.05) is 6.08 Å². The first kappa shape index (κ1) is 23.8. The number of benzene rings is 1. The number of hydrogen-bond acceptors (Lipinski definition) is 4. The van der Waals surface area contributed by atoms with Crippen molar-refractivity contribution in [2.24, 2.45) is 4.99 Å². The van der Waals surface area contributed by atoms with Crippen LogP contribution >= 0.6 is 0 Å². The van der Waals surface area contributed by atoms with Gasteiger partial charge in [0, 0.05) is 57.0 Å². The molecule has 2 heterocycles. The Bertz CT molecular complexity index is 678. The Kier molecular flexibility index (Phi) is 9.37. The molecule has 2 aliphatic heterocycles. The van der Waals surface area contributed by atoms with E-state index in [9.17, 15) is 0 Å². The third-order valence-corrected chi connectivity index (χ3v) is 6.47. The lowest BCUT2D eigenvalue weighted by Crippen LogP contribution is -2.54. The van der Waals surface area contributed by atoms with E-state index < -0.39 is 0 Å². The summed E-state index contributed by atoms with van der Waals surface area (Å²) in [6.45, 7) is 14.6. The molecule has 6 heteroatoms. The van der Waals surface area contributed by atoms with Gasteiger partial charge in [-0.15, -0.1) is 6.58 Å². The summed E-state index contributed by atoms with van der Waals surface area (Å²) in [6.07, 6.45) is 6.23. The molecule has 1 unspecified atom stereocenters. The lowest BCUT2D eigenvalue weighted by molar-refractivity contribution is 0.0374. The number of likely N-dealkylation sites (tertiary alicyclic amines) is 1. The van der Waals surface area contributed by atoms with Crippen molar-refractivity contribution in [1.82, 2.24) is 20.9 Å². The summed E-state index contributed by atoms with van der Waals surface area (Å²) in [7, 11) is 0. The van der Waals surface area contributed by atoms with Gasteiger partial charge in [0.15, 0.2) is 5.96 Å². The van der Waals surface area contributed by atoms with E-state index in [1.165, 1.54) is 5.56 Å². The maximum Gasteiger partial charge on any atom is 0.191 e. The van der Waals surface area contributed by atoms with Gasteiger partial charge in [0.1, 0.15) is 0 Å². The highest BCUT2D eigenvalue weighted by Gasteiger charge is 2.34. The van der Waals surface area contributed by atoms with Crippen molar-refractivity contribution in [3.8, 4) is 0 Å². The fourth-order valence-corrected chi connectivity index (χ4v) is 4.58. The molecular weight excluding hydrogens is 386 g/mol. The number of hydrogen-bond donors (Lipinski definition) is 3. The highest BCUT2D eigenvalue weighted by atomic mass is 16.5. The molecule has 0 aromatic heterocycles. The zero-order chi connectivity index (χ0) is 21.9. The first-order valence-corrected chi connectivity index (χ1v) is 11.9. The van der Waals surface area contributed by atoms with Gasteiger partial charge in [0.25, 0.3) is 0 Å². The molecule has 0 amide bonds. The molecule has 1 aromatic rings. The van der Waals surface area contributed by atoms with Crippen LogP contribution in [-0.2, 0) is 4.74 Å². The number of rotatable bonds is 9. The molecule has 0 saturated carbocycles. The number of aliphatic imine (C=N–C) groups is 1. The van der Waals surface area contributed by atoms with E-state index in [1.54, 1.807) is 0 Å². The lowest BCUT2D eigenvalue weighted by Gasteiger charge is -2.39. The minimum atomic E-state index is -0.0385. The van der Waals surface area contributed by atoms with Crippen LogP contribution in [-0.4, -0.2) is 68.4 Å². The zero-order valence-corrected chi connectivity index (χ0v) is 19.4. The van der Waals surface area contributed by atoms with Crippen LogP contribution in [0.5, 0.6) is 0 Å². The number of piperidine rings is 1. The summed E-state index contributed by atoms with van der Waals surface area (Å²) >= 11 is 0. The van der Waals surface area contributed by atoms with Crippen molar-refractivity contribution in [2.45, 2.75) is 57.2 Å². The van der Waals surface area contributed by atoms with Crippen LogP contribution < -0.4 is 16.0 Å². The van der Waals surface area contributed by atoms with E-state index in [0.29, 0.717) is 6.04 Å². The summed E-state index contributed by atoms with van der Waals surface area (Å²) < 4.78 is 5.69. The SMILES string of the molecule is C=CCN1CCC(NC(=NCC2(NC(C)c3ccccc3)CCOCC2)NCC)CC1. The third kappa shape index (κ3) is 7.34. The molecule has 0 bridgehead atoms. The highest BCUT2D eigenvalue weighted by molar-refractivity contribution is 5.80. The highest BCUT2D eigenvalue weighted by Crippen LogP contribution is 2.26. The molecule has 172 valence electrons. The molecule has 3 rings (SSSR count). The second kappa shape index (κ2) is 12.2. The van der Waals surface area contributed by atoms with Crippen molar-refractivity contribution in [3.05, 3.63) is 48.6 Å². The van der Waals surface area contributed by atoms with E-state index >= 15 is 0 Å². The Morgan fingerprint density at radius 3 is 2.61 bits per heavy atom. The second-order valence-corrected chi connectivity index (χ2v) is 8.87. The predicted octanol–water partition coefficient (Wildman–Crippen LogP) is 3.09. The topological polar surface area (TPSA) is 60.9 Å². The van der Waals surface area contributed by atoms with Gasteiger partial charge < -0.3 is 20.7 Å². The summed E-state index contributed by atoms with van der Waals surface area (Å²) in [5.41, 5.74) is 1.28. The summed E-state index contributed by atoms with van der Waals surface area (Å²) in [5.74, 6) is 0.935. The minimum Gasteiger partial charge on any atom is -0.381 e. The molecule has 0 radical (unpaired) electrons. The molecule has 31 heavy (non-hydrogen) atoms. The van der Waals surface area contributed by atoms with E-state index in [0.717, 1.165) is 77.6 Å². The number of nitrogens with one attached hydrogen (secondary N) is 3. The molecular formula is C25H41N5O. The third-order valence-electron chi connectivity index (χ3n) is 6.47. The maximum atomic E-state index is 5.69. The van der Waals surface area contributed by atoms with Gasteiger partial charge in [0.05, 0.1) is 6.54 Å². The fourth-order valence-electron chi connectivity index (χ4n) is 4.58.